The molecule has 0 heterocycles. The third-order valence-electron chi connectivity index (χ3n) is 3.19. The summed E-state index contributed by atoms with van der Waals surface area (Å²) in [5.74, 6) is 0.194. The van der Waals surface area contributed by atoms with Crippen LogP contribution in [0.3, 0.4) is 0 Å². The number of rotatable bonds is 5. The van der Waals surface area contributed by atoms with Crippen molar-refractivity contribution in [2.45, 2.75) is 58.8 Å². The van der Waals surface area contributed by atoms with Gasteiger partial charge in [0, 0.05) is 12.1 Å². The van der Waals surface area contributed by atoms with Crippen molar-refractivity contribution in [2.75, 3.05) is 6.54 Å². The zero-order valence-electron chi connectivity index (χ0n) is 10.3. The number of aliphatic hydroxyl groups is 2. The standard InChI is InChI=1S/C11H25NO2/c1-8(2)11(6,14)7-12-10(4,5)9(3)13/h8-9,12-14H,7H2,1-6H3. The maximum atomic E-state index is 9.99. The molecular weight excluding hydrogens is 178 g/mol. The molecule has 14 heavy (non-hydrogen) atoms. The smallest absolute Gasteiger partial charge is 0.0766 e. The molecule has 0 aromatic rings. The molecule has 0 aromatic carbocycles. The Labute approximate surface area is 87.5 Å². The van der Waals surface area contributed by atoms with E-state index in [1.54, 1.807) is 6.92 Å². The number of nitrogens with one attached hydrogen (secondary N) is 1. The van der Waals surface area contributed by atoms with E-state index in [4.69, 9.17) is 0 Å². The van der Waals surface area contributed by atoms with Crippen LogP contribution in [0, 0.1) is 5.92 Å². The molecule has 0 aliphatic carbocycles. The van der Waals surface area contributed by atoms with Gasteiger partial charge in [0.2, 0.25) is 0 Å². The van der Waals surface area contributed by atoms with Crippen molar-refractivity contribution in [3.05, 3.63) is 0 Å². The van der Waals surface area contributed by atoms with E-state index >= 15 is 0 Å². The Morgan fingerprint density at radius 2 is 1.57 bits per heavy atom. The van der Waals surface area contributed by atoms with Crippen molar-refractivity contribution < 1.29 is 10.2 Å². The minimum atomic E-state index is -0.730. The molecule has 0 spiro atoms. The van der Waals surface area contributed by atoms with E-state index in [0.717, 1.165) is 0 Å². The molecule has 0 bridgehead atoms. The Kier molecular flexibility index (Phi) is 4.56. The van der Waals surface area contributed by atoms with Crippen molar-refractivity contribution in [1.29, 1.82) is 0 Å². The van der Waals surface area contributed by atoms with Gasteiger partial charge in [0.1, 0.15) is 0 Å². The molecule has 0 fully saturated rings. The third-order valence-corrected chi connectivity index (χ3v) is 3.19. The summed E-state index contributed by atoms with van der Waals surface area (Å²) in [7, 11) is 0. The van der Waals surface area contributed by atoms with E-state index in [9.17, 15) is 10.2 Å². The van der Waals surface area contributed by atoms with Gasteiger partial charge in [0.05, 0.1) is 11.7 Å². The van der Waals surface area contributed by atoms with Gasteiger partial charge in [0.15, 0.2) is 0 Å². The summed E-state index contributed by atoms with van der Waals surface area (Å²) in [6.45, 7) is 11.9. The van der Waals surface area contributed by atoms with E-state index in [1.807, 2.05) is 34.6 Å². The number of β-amino-alcohol motifs (C(OH)–C–C–N with tert-alkyl or cyclic N) is 1. The first-order valence-electron chi connectivity index (χ1n) is 5.25. The molecule has 0 saturated heterocycles. The second kappa shape index (κ2) is 4.60. The molecular formula is C11H25NO2. The SMILES string of the molecule is CC(C)C(C)(O)CNC(C)(C)C(C)O. The topological polar surface area (TPSA) is 52.5 Å². The monoisotopic (exact) mass is 203 g/mol. The van der Waals surface area contributed by atoms with Crippen LogP contribution >= 0.6 is 0 Å². The van der Waals surface area contributed by atoms with Crippen LogP contribution in [0.2, 0.25) is 0 Å². The zero-order valence-corrected chi connectivity index (χ0v) is 10.3. The van der Waals surface area contributed by atoms with Crippen LogP contribution in [0.15, 0.2) is 0 Å². The number of hydrogen-bond acceptors (Lipinski definition) is 3. The molecule has 0 aromatic heterocycles. The summed E-state index contributed by atoms with van der Waals surface area (Å²) in [6.07, 6.45) is -0.439. The Morgan fingerprint density at radius 1 is 1.14 bits per heavy atom. The molecule has 0 radical (unpaired) electrons. The Hall–Kier alpha value is -0.120. The molecule has 2 unspecified atom stereocenters. The number of hydrogen-bond donors (Lipinski definition) is 3. The fourth-order valence-corrected chi connectivity index (χ4v) is 0.759. The molecule has 0 aliphatic rings. The molecule has 0 amide bonds. The van der Waals surface area contributed by atoms with Crippen LogP contribution in [0.25, 0.3) is 0 Å². The van der Waals surface area contributed by atoms with E-state index < -0.39 is 11.7 Å². The van der Waals surface area contributed by atoms with Crippen molar-refractivity contribution in [3.63, 3.8) is 0 Å². The lowest BCUT2D eigenvalue weighted by Gasteiger charge is -2.35. The highest BCUT2D eigenvalue weighted by molar-refractivity contribution is 4.88. The van der Waals surface area contributed by atoms with Gasteiger partial charge in [-0.05, 0) is 33.6 Å². The van der Waals surface area contributed by atoms with Crippen molar-refractivity contribution >= 4 is 0 Å². The molecule has 86 valence electrons. The highest BCUT2D eigenvalue weighted by atomic mass is 16.3. The molecule has 3 nitrogen and oxygen atoms in total. The first-order valence-corrected chi connectivity index (χ1v) is 5.25. The second-order valence-corrected chi connectivity index (χ2v) is 5.26. The maximum Gasteiger partial charge on any atom is 0.0766 e. The Balaban J connectivity index is 4.18. The lowest BCUT2D eigenvalue weighted by Crippen LogP contribution is -2.54. The van der Waals surface area contributed by atoms with Crippen LogP contribution in [0.1, 0.15) is 41.5 Å². The van der Waals surface area contributed by atoms with E-state index in [2.05, 4.69) is 5.32 Å². The predicted molar refractivity (Wildman–Crippen MR) is 59.2 cm³/mol. The minimum Gasteiger partial charge on any atom is -0.392 e. The van der Waals surface area contributed by atoms with Gasteiger partial charge in [-0.3, -0.25) is 0 Å². The summed E-state index contributed by atoms with van der Waals surface area (Å²) in [6, 6.07) is 0. The fourth-order valence-electron chi connectivity index (χ4n) is 0.759. The van der Waals surface area contributed by atoms with Crippen LogP contribution in [0.5, 0.6) is 0 Å². The van der Waals surface area contributed by atoms with Crippen LogP contribution in [-0.4, -0.2) is 34.0 Å². The molecule has 0 aliphatic heterocycles. The van der Waals surface area contributed by atoms with Crippen LogP contribution in [-0.2, 0) is 0 Å². The Bertz CT molecular complexity index is 154. The largest absolute Gasteiger partial charge is 0.392 e. The van der Waals surface area contributed by atoms with Gasteiger partial charge < -0.3 is 15.5 Å². The van der Waals surface area contributed by atoms with E-state index in [0.29, 0.717) is 6.54 Å². The predicted octanol–water partition coefficient (Wildman–Crippen LogP) is 1.14. The van der Waals surface area contributed by atoms with Gasteiger partial charge >= 0.3 is 0 Å². The quantitative estimate of drug-likeness (QED) is 0.628. The summed E-state index contributed by atoms with van der Waals surface area (Å²) < 4.78 is 0. The van der Waals surface area contributed by atoms with Crippen molar-refractivity contribution in [2.24, 2.45) is 5.92 Å². The second-order valence-electron chi connectivity index (χ2n) is 5.26. The summed E-state index contributed by atoms with van der Waals surface area (Å²) >= 11 is 0. The van der Waals surface area contributed by atoms with Gasteiger partial charge in [-0.1, -0.05) is 13.8 Å². The molecule has 3 heteroatoms. The molecule has 0 saturated carbocycles. The lowest BCUT2D eigenvalue weighted by atomic mass is 9.90. The fraction of sp³-hybridized carbons (Fsp3) is 1.00. The third kappa shape index (κ3) is 3.95. The minimum absolute atomic E-state index is 0.194. The van der Waals surface area contributed by atoms with Gasteiger partial charge in [-0.2, -0.15) is 0 Å². The maximum absolute atomic E-state index is 9.99. The summed E-state index contributed by atoms with van der Waals surface area (Å²) in [4.78, 5) is 0. The van der Waals surface area contributed by atoms with Crippen molar-refractivity contribution in [3.8, 4) is 0 Å². The zero-order chi connectivity index (χ0) is 11.6. The first-order chi connectivity index (χ1) is 6.09. The summed E-state index contributed by atoms with van der Waals surface area (Å²) in [5, 5.41) is 22.6. The lowest BCUT2D eigenvalue weighted by molar-refractivity contribution is -0.00210. The highest BCUT2D eigenvalue weighted by Gasteiger charge is 2.30. The van der Waals surface area contributed by atoms with Crippen LogP contribution in [0.4, 0.5) is 0 Å². The normalized spacial score (nSPS) is 19.5. The van der Waals surface area contributed by atoms with Gasteiger partial charge in [-0.25, -0.2) is 0 Å². The highest BCUT2D eigenvalue weighted by Crippen LogP contribution is 2.17. The first kappa shape index (κ1) is 13.9. The average molecular weight is 203 g/mol. The average Bonchev–Trinajstić information content (AvgIpc) is 2.01. The molecule has 2 atom stereocenters. The Morgan fingerprint density at radius 3 is 1.86 bits per heavy atom. The van der Waals surface area contributed by atoms with Crippen molar-refractivity contribution in [1.82, 2.24) is 5.32 Å². The van der Waals surface area contributed by atoms with Crippen LogP contribution < -0.4 is 5.32 Å². The van der Waals surface area contributed by atoms with Gasteiger partial charge in [0.25, 0.3) is 0 Å². The van der Waals surface area contributed by atoms with Gasteiger partial charge in [-0.15, -0.1) is 0 Å². The van der Waals surface area contributed by atoms with E-state index in [-0.39, 0.29) is 11.5 Å². The number of aliphatic hydroxyl groups excluding tert-OH is 1. The summed E-state index contributed by atoms with van der Waals surface area (Å²) in [5.41, 5.74) is -1.09. The van der Waals surface area contributed by atoms with E-state index in [1.165, 1.54) is 0 Å². The molecule has 3 N–H and O–H groups in total. The molecule has 0 rings (SSSR count).